The molecule has 0 saturated heterocycles. The Hall–Kier alpha value is -2.15. The lowest BCUT2D eigenvalue weighted by Gasteiger charge is -2.22. The first-order valence-corrected chi connectivity index (χ1v) is 14.4. The maximum Gasteiger partial charge on any atom is 0.264 e. The zero-order valence-corrected chi connectivity index (χ0v) is 20.7. The number of benzene rings is 2. The summed E-state index contributed by atoms with van der Waals surface area (Å²) in [6.45, 7) is -0.104. The van der Waals surface area contributed by atoms with E-state index in [1.807, 2.05) is 0 Å². The molecule has 3 unspecified atom stereocenters. The van der Waals surface area contributed by atoms with Gasteiger partial charge < -0.3 is 5.32 Å². The van der Waals surface area contributed by atoms with Crippen LogP contribution in [-0.2, 0) is 24.1 Å². The van der Waals surface area contributed by atoms with E-state index in [4.69, 9.17) is 15.8 Å². The van der Waals surface area contributed by atoms with Gasteiger partial charge in [0.2, 0.25) is 0 Å². The highest BCUT2D eigenvalue weighted by Gasteiger charge is 2.54. The van der Waals surface area contributed by atoms with Gasteiger partial charge in [-0.1, -0.05) is 11.6 Å². The molecule has 1 N–H and O–H groups in total. The second-order valence-electron chi connectivity index (χ2n) is 8.85. The van der Waals surface area contributed by atoms with E-state index >= 15 is 0 Å². The molecule has 0 radical (unpaired) electrons. The fourth-order valence-corrected chi connectivity index (χ4v) is 8.49. The van der Waals surface area contributed by atoms with E-state index in [1.54, 1.807) is 0 Å². The Morgan fingerprint density at radius 3 is 2.37 bits per heavy atom. The molecule has 190 valence electrons. The van der Waals surface area contributed by atoms with Crippen molar-refractivity contribution in [3.63, 3.8) is 0 Å². The lowest BCUT2D eigenvalue weighted by atomic mass is 9.90. The van der Waals surface area contributed by atoms with Crippen LogP contribution in [0.25, 0.3) is 0 Å². The third-order valence-corrected chi connectivity index (χ3v) is 9.97. The Kier molecular flexibility index (Phi) is 6.95. The van der Waals surface area contributed by atoms with Crippen LogP contribution in [0.4, 0.5) is 18.9 Å². The third kappa shape index (κ3) is 5.20. The van der Waals surface area contributed by atoms with Gasteiger partial charge in [-0.3, -0.25) is 8.98 Å². The van der Waals surface area contributed by atoms with Gasteiger partial charge in [0, 0.05) is 23.4 Å². The van der Waals surface area contributed by atoms with E-state index < -0.39 is 48.6 Å². The van der Waals surface area contributed by atoms with E-state index in [9.17, 15) is 34.8 Å². The molecule has 0 heterocycles. The Labute approximate surface area is 205 Å². The number of fused-ring (bicyclic) bond motifs is 2. The van der Waals surface area contributed by atoms with Crippen molar-refractivity contribution in [2.45, 2.75) is 29.4 Å². The van der Waals surface area contributed by atoms with Crippen LogP contribution in [0.5, 0.6) is 0 Å². The molecule has 0 aliphatic heterocycles. The Morgan fingerprint density at radius 2 is 1.74 bits per heavy atom. The van der Waals surface area contributed by atoms with Crippen molar-refractivity contribution >= 4 is 43.2 Å². The minimum Gasteiger partial charge on any atom is -0.322 e. The third-order valence-electron chi connectivity index (χ3n) is 6.56. The van der Waals surface area contributed by atoms with Gasteiger partial charge >= 0.3 is 0 Å². The molecule has 2 aliphatic carbocycles. The van der Waals surface area contributed by atoms with Crippen LogP contribution in [0.1, 0.15) is 29.6 Å². The molecule has 2 aromatic carbocycles. The molecule has 0 aromatic heterocycles. The van der Waals surface area contributed by atoms with Gasteiger partial charge in [0.25, 0.3) is 16.0 Å². The highest BCUT2D eigenvalue weighted by atomic mass is 35.5. The van der Waals surface area contributed by atoms with Crippen molar-refractivity contribution in [2.24, 2.45) is 17.8 Å². The molecule has 2 bridgehead atoms. The van der Waals surface area contributed by atoms with Gasteiger partial charge in [0.1, 0.15) is 0 Å². The first-order valence-electron chi connectivity index (χ1n) is 10.6. The second kappa shape index (κ2) is 9.38. The van der Waals surface area contributed by atoms with Crippen molar-refractivity contribution in [1.29, 1.82) is 0 Å². The van der Waals surface area contributed by atoms with Crippen LogP contribution < -0.4 is 5.32 Å². The maximum atomic E-state index is 13.6. The molecule has 13 heteroatoms. The summed E-state index contributed by atoms with van der Waals surface area (Å²) in [6.07, 6.45) is 2.66. The molecular formula is C22H21ClF3NO6S2. The normalized spacial score (nSPS) is 24.0. The predicted octanol–water partition coefficient (Wildman–Crippen LogP) is 4.17. The summed E-state index contributed by atoms with van der Waals surface area (Å²) in [6, 6.07) is 4.76. The van der Waals surface area contributed by atoms with E-state index in [0.29, 0.717) is 31.4 Å². The average Bonchev–Trinajstić information content (AvgIpc) is 3.34. The van der Waals surface area contributed by atoms with Gasteiger partial charge in [-0.2, -0.15) is 8.42 Å². The molecule has 2 fully saturated rings. The zero-order chi connectivity index (χ0) is 25.7. The fraction of sp³-hybridized carbons (Fsp3) is 0.409. The van der Waals surface area contributed by atoms with Gasteiger partial charge in [-0.15, -0.1) is 0 Å². The predicted molar refractivity (Wildman–Crippen MR) is 122 cm³/mol. The topological polar surface area (TPSA) is 107 Å². The van der Waals surface area contributed by atoms with Gasteiger partial charge in [-0.05, 0) is 55.2 Å². The minimum atomic E-state index is -4.03. The van der Waals surface area contributed by atoms with E-state index in [0.717, 1.165) is 12.3 Å². The number of rotatable bonds is 7. The van der Waals surface area contributed by atoms with Crippen molar-refractivity contribution in [3.8, 4) is 0 Å². The number of nitrogens with one attached hydrogen (secondary N) is 1. The van der Waals surface area contributed by atoms with E-state index in [2.05, 4.69) is 5.32 Å². The second-order valence-corrected chi connectivity index (χ2v) is 13.0. The first kappa shape index (κ1) is 25.9. The number of halogens is 4. The van der Waals surface area contributed by atoms with Crippen molar-refractivity contribution < 1.29 is 39.0 Å². The molecule has 4 rings (SSSR count). The summed E-state index contributed by atoms with van der Waals surface area (Å²) in [5.74, 6) is -6.35. The first-order chi connectivity index (χ1) is 16.3. The number of anilines is 1. The average molecular weight is 552 g/mol. The monoisotopic (exact) mass is 551 g/mol. The smallest absolute Gasteiger partial charge is 0.264 e. The van der Waals surface area contributed by atoms with E-state index in [1.165, 1.54) is 12.1 Å². The molecule has 0 spiro atoms. The maximum absolute atomic E-state index is 13.6. The molecule has 35 heavy (non-hydrogen) atoms. The highest BCUT2D eigenvalue weighted by molar-refractivity contribution is 7.92. The molecule has 2 saturated carbocycles. The van der Waals surface area contributed by atoms with Crippen LogP contribution in [0.3, 0.4) is 0 Å². The summed E-state index contributed by atoms with van der Waals surface area (Å²) in [5, 5.41) is 1.29. The summed E-state index contributed by atoms with van der Waals surface area (Å²) in [7, 11) is -7.70. The molecule has 4 atom stereocenters. The lowest BCUT2D eigenvalue weighted by molar-refractivity contribution is 0.102. The van der Waals surface area contributed by atoms with Gasteiger partial charge in [0.15, 0.2) is 27.3 Å². The van der Waals surface area contributed by atoms with Crippen LogP contribution in [0, 0.1) is 35.2 Å². The molecule has 1 amide bonds. The number of hydrogen-bond donors (Lipinski definition) is 1. The number of carbonyl (C=O) groups is 1. The van der Waals surface area contributed by atoms with Crippen molar-refractivity contribution in [1.82, 2.24) is 0 Å². The molecular weight excluding hydrogens is 531 g/mol. The number of amides is 1. The van der Waals surface area contributed by atoms with Crippen molar-refractivity contribution in [2.75, 3.05) is 18.2 Å². The summed E-state index contributed by atoms with van der Waals surface area (Å²) >= 11 is 6.20. The summed E-state index contributed by atoms with van der Waals surface area (Å²) < 4.78 is 95.0. The molecule has 2 aliphatic rings. The molecule has 7 nitrogen and oxygen atoms in total. The Morgan fingerprint density at radius 1 is 1.09 bits per heavy atom. The van der Waals surface area contributed by atoms with Crippen molar-refractivity contribution in [3.05, 3.63) is 58.4 Å². The largest absolute Gasteiger partial charge is 0.322 e. The van der Waals surface area contributed by atoms with Crippen LogP contribution >= 0.6 is 11.6 Å². The minimum absolute atomic E-state index is 0.101. The number of carbonyl (C=O) groups excluding carboxylic acids is 1. The molecule has 2 aromatic rings. The Bertz CT molecular complexity index is 1380. The SMILES string of the molecule is CS(=O)(=O)OCC1CC2CCC1[C@@H]2S(=O)(=O)c1cc(C(=O)Nc2cc(F)c(F)c(F)c2)ccc1Cl. The standard InChI is InChI=1S/C22H21ClF3NO6S2/c1-34(29,30)33-10-13-6-11-2-4-15(13)21(11)35(31,32)19-7-12(3-5-16(19)23)22(28)27-14-8-17(24)20(26)18(25)9-14/h3,5,7-9,11,13,15,21H,2,4,6,10H2,1H3,(H,27,28)/t11?,13?,15?,21-/m1/s1. The van der Waals surface area contributed by atoms with Gasteiger partial charge in [-0.25, -0.2) is 21.6 Å². The fourth-order valence-electron chi connectivity index (χ4n) is 5.13. The lowest BCUT2D eigenvalue weighted by Crippen LogP contribution is -2.29. The van der Waals surface area contributed by atoms with Gasteiger partial charge in [0.05, 0.1) is 28.0 Å². The highest BCUT2D eigenvalue weighted by Crippen LogP contribution is 2.53. The van der Waals surface area contributed by atoms with E-state index in [-0.39, 0.29) is 45.5 Å². The van der Waals surface area contributed by atoms with Crippen LogP contribution in [-0.4, -0.2) is 40.9 Å². The number of hydrogen-bond acceptors (Lipinski definition) is 6. The van der Waals surface area contributed by atoms with Crippen LogP contribution in [0.2, 0.25) is 5.02 Å². The number of sulfone groups is 1. The summed E-state index contributed by atoms with van der Waals surface area (Å²) in [5.41, 5.74) is -0.492. The quantitative estimate of drug-likeness (QED) is 0.409. The van der Waals surface area contributed by atoms with Crippen LogP contribution in [0.15, 0.2) is 35.2 Å². The summed E-state index contributed by atoms with van der Waals surface area (Å²) in [4.78, 5) is 12.4. The Balaban J connectivity index is 1.59. The zero-order valence-electron chi connectivity index (χ0n) is 18.3.